The van der Waals surface area contributed by atoms with Crippen LogP contribution in [0.5, 0.6) is 11.5 Å². The van der Waals surface area contributed by atoms with Crippen LogP contribution < -0.4 is 14.4 Å². The van der Waals surface area contributed by atoms with Gasteiger partial charge in [0.15, 0.2) is 11.5 Å². The van der Waals surface area contributed by atoms with Gasteiger partial charge in [-0.3, -0.25) is 4.79 Å². The van der Waals surface area contributed by atoms with Crippen molar-refractivity contribution in [2.24, 2.45) is 0 Å². The number of hydrogen-bond donors (Lipinski definition) is 0. The molecule has 0 radical (unpaired) electrons. The van der Waals surface area contributed by atoms with Crippen molar-refractivity contribution in [1.29, 1.82) is 0 Å². The van der Waals surface area contributed by atoms with Gasteiger partial charge in [-0.2, -0.15) is 0 Å². The van der Waals surface area contributed by atoms with E-state index in [-0.39, 0.29) is 5.97 Å². The Labute approximate surface area is 205 Å². The zero-order chi connectivity index (χ0) is 24.4. The van der Waals surface area contributed by atoms with Gasteiger partial charge >= 0.3 is 5.97 Å². The monoisotopic (exact) mass is 470 g/mol. The lowest BCUT2D eigenvalue weighted by Gasteiger charge is -2.24. The van der Waals surface area contributed by atoms with Crippen molar-refractivity contribution in [1.82, 2.24) is 4.98 Å². The van der Waals surface area contributed by atoms with Gasteiger partial charge in [0.1, 0.15) is 12.4 Å². The van der Waals surface area contributed by atoms with E-state index in [1.165, 1.54) is 38.5 Å². The first kappa shape index (κ1) is 27.5. The van der Waals surface area contributed by atoms with Crippen molar-refractivity contribution in [3.8, 4) is 11.5 Å². The van der Waals surface area contributed by atoms with Gasteiger partial charge in [-0.05, 0) is 49.6 Å². The number of rotatable bonds is 18. The molecule has 1 aromatic heterocycles. The van der Waals surface area contributed by atoms with E-state index in [2.05, 4.69) is 22.9 Å². The number of aryl methyl sites for hydroxylation is 1. The molecule has 0 fully saturated rings. The first-order valence-corrected chi connectivity index (χ1v) is 12.8. The summed E-state index contributed by atoms with van der Waals surface area (Å²) in [5, 5.41) is 0. The molecule has 2 rings (SSSR count). The summed E-state index contributed by atoms with van der Waals surface area (Å²) in [5.41, 5.74) is 1.02. The Hall–Kier alpha value is -2.76. The second kappa shape index (κ2) is 16.8. The molecule has 6 nitrogen and oxygen atoms in total. The average Bonchev–Trinajstić information content (AvgIpc) is 2.86. The topological polar surface area (TPSA) is 60.9 Å². The second-order valence-corrected chi connectivity index (χ2v) is 8.43. The maximum atomic E-state index is 11.7. The fourth-order valence-corrected chi connectivity index (χ4v) is 3.88. The van der Waals surface area contributed by atoms with Crippen LogP contribution in [-0.4, -0.2) is 44.4 Å². The first-order chi connectivity index (χ1) is 16.7. The highest BCUT2D eigenvalue weighted by molar-refractivity contribution is 5.69. The molecule has 0 saturated carbocycles. The average molecular weight is 471 g/mol. The minimum atomic E-state index is -0.183. The summed E-state index contributed by atoms with van der Waals surface area (Å²) in [4.78, 5) is 18.5. The number of esters is 1. The van der Waals surface area contributed by atoms with Gasteiger partial charge in [0.05, 0.1) is 20.3 Å². The van der Waals surface area contributed by atoms with Crippen molar-refractivity contribution in [2.75, 3.05) is 38.3 Å². The van der Waals surface area contributed by atoms with Crippen LogP contribution in [0.25, 0.3) is 0 Å². The summed E-state index contributed by atoms with van der Waals surface area (Å²) in [5.74, 6) is 2.18. The number of pyridine rings is 1. The Balaban J connectivity index is 1.90. The van der Waals surface area contributed by atoms with Gasteiger partial charge in [-0.1, -0.05) is 57.6 Å². The maximum absolute atomic E-state index is 11.7. The molecule has 0 atom stereocenters. The molecule has 1 heterocycles. The van der Waals surface area contributed by atoms with Gasteiger partial charge in [0.2, 0.25) is 0 Å². The Bertz CT molecular complexity index is 813. The number of aromatic nitrogens is 1. The molecule has 0 amide bonds. The number of benzene rings is 1. The standard InChI is InChI=1S/C28H42N2O4/c1-4-6-7-8-9-10-13-20-30(27-14-11-12-19-29-27)21-22-34-26-23-24(15-17-25(26)32-3)16-18-28(31)33-5-2/h11-12,14-15,17,19,23H,4-10,13,16,18,20-22H2,1-3H3. The molecule has 0 bridgehead atoms. The van der Waals surface area contributed by atoms with E-state index in [9.17, 15) is 4.79 Å². The van der Waals surface area contributed by atoms with Crippen molar-refractivity contribution in [2.45, 2.75) is 71.6 Å². The lowest BCUT2D eigenvalue weighted by atomic mass is 10.1. The molecular weight excluding hydrogens is 428 g/mol. The number of unbranched alkanes of at least 4 members (excludes halogenated alkanes) is 6. The predicted molar refractivity (Wildman–Crippen MR) is 138 cm³/mol. The van der Waals surface area contributed by atoms with Crippen molar-refractivity contribution >= 4 is 11.8 Å². The number of methoxy groups -OCH3 is 1. The number of nitrogens with zero attached hydrogens (tertiary/aromatic N) is 2. The van der Waals surface area contributed by atoms with E-state index >= 15 is 0 Å². The Kier molecular flexibility index (Phi) is 13.6. The van der Waals surface area contributed by atoms with Crippen molar-refractivity contribution in [3.63, 3.8) is 0 Å². The van der Waals surface area contributed by atoms with E-state index in [4.69, 9.17) is 14.2 Å². The van der Waals surface area contributed by atoms with Gasteiger partial charge < -0.3 is 19.1 Å². The third-order valence-corrected chi connectivity index (χ3v) is 5.77. The molecular formula is C28H42N2O4. The molecule has 0 saturated heterocycles. The summed E-state index contributed by atoms with van der Waals surface area (Å²) >= 11 is 0. The largest absolute Gasteiger partial charge is 0.493 e. The quantitative estimate of drug-likeness (QED) is 0.190. The molecule has 0 spiro atoms. The van der Waals surface area contributed by atoms with Crippen LogP contribution in [0.15, 0.2) is 42.6 Å². The third-order valence-electron chi connectivity index (χ3n) is 5.77. The number of anilines is 1. The number of hydrogen-bond acceptors (Lipinski definition) is 6. The molecule has 6 heteroatoms. The summed E-state index contributed by atoms with van der Waals surface area (Å²) in [6.45, 7) is 6.70. The Morgan fingerprint density at radius 2 is 1.74 bits per heavy atom. The fraction of sp³-hybridized carbons (Fsp3) is 0.571. The third kappa shape index (κ3) is 10.4. The van der Waals surface area contributed by atoms with Crippen molar-refractivity contribution < 1.29 is 19.0 Å². The maximum Gasteiger partial charge on any atom is 0.306 e. The molecule has 1 aromatic carbocycles. The van der Waals surface area contributed by atoms with Crippen LogP contribution in [-0.2, 0) is 16.0 Å². The Morgan fingerprint density at radius 1 is 0.941 bits per heavy atom. The van der Waals surface area contributed by atoms with E-state index in [1.54, 1.807) is 7.11 Å². The molecule has 0 aliphatic heterocycles. The van der Waals surface area contributed by atoms with Crippen LogP contribution in [0.1, 0.15) is 70.8 Å². The highest BCUT2D eigenvalue weighted by Gasteiger charge is 2.11. The lowest BCUT2D eigenvalue weighted by molar-refractivity contribution is -0.143. The number of carbonyl (C=O) groups excluding carboxylic acids is 1. The summed E-state index contributed by atoms with van der Waals surface area (Å²) in [7, 11) is 1.64. The normalized spacial score (nSPS) is 10.7. The van der Waals surface area contributed by atoms with Crippen LogP contribution in [0.3, 0.4) is 0 Å². The first-order valence-electron chi connectivity index (χ1n) is 12.8. The molecule has 2 aromatic rings. The predicted octanol–water partition coefficient (Wildman–Crippen LogP) is 6.22. The second-order valence-electron chi connectivity index (χ2n) is 8.43. The summed E-state index contributed by atoms with van der Waals surface area (Å²) in [6.07, 6.45) is 11.8. The van der Waals surface area contributed by atoms with Crippen LogP contribution >= 0.6 is 0 Å². The van der Waals surface area contributed by atoms with Gasteiger partial charge in [0.25, 0.3) is 0 Å². The zero-order valence-corrected chi connectivity index (χ0v) is 21.3. The highest BCUT2D eigenvalue weighted by Crippen LogP contribution is 2.28. The summed E-state index contributed by atoms with van der Waals surface area (Å²) in [6, 6.07) is 11.8. The number of ether oxygens (including phenoxy) is 3. The number of carbonyl (C=O) groups is 1. The molecule has 0 N–H and O–H groups in total. The highest BCUT2D eigenvalue weighted by atomic mass is 16.5. The van der Waals surface area contributed by atoms with Gasteiger partial charge in [-0.25, -0.2) is 4.98 Å². The molecule has 0 aliphatic carbocycles. The molecule has 0 unspecified atom stereocenters. The lowest BCUT2D eigenvalue weighted by Crippen LogP contribution is -2.30. The Morgan fingerprint density at radius 3 is 2.44 bits per heavy atom. The van der Waals surface area contributed by atoms with E-state index < -0.39 is 0 Å². The molecule has 34 heavy (non-hydrogen) atoms. The zero-order valence-electron chi connectivity index (χ0n) is 21.3. The fourth-order valence-electron chi connectivity index (χ4n) is 3.88. The molecule has 188 valence electrons. The van der Waals surface area contributed by atoms with Crippen LogP contribution in [0.4, 0.5) is 5.82 Å². The van der Waals surface area contributed by atoms with Gasteiger partial charge in [0, 0.05) is 19.2 Å². The van der Waals surface area contributed by atoms with Crippen molar-refractivity contribution in [3.05, 3.63) is 48.2 Å². The SMILES string of the molecule is CCCCCCCCCN(CCOc1cc(CCC(=O)OCC)ccc1OC)c1ccccn1. The van der Waals surface area contributed by atoms with E-state index in [0.29, 0.717) is 37.6 Å². The van der Waals surface area contributed by atoms with E-state index in [1.807, 2.05) is 43.5 Å². The smallest absolute Gasteiger partial charge is 0.306 e. The van der Waals surface area contributed by atoms with Crippen LogP contribution in [0.2, 0.25) is 0 Å². The summed E-state index contributed by atoms with van der Waals surface area (Å²) < 4.78 is 16.7. The molecule has 0 aliphatic rings. The van der Waals surface area contributed by atoms with Crippen LogP contribution in [0, 0.1) is 0 Å². The van der Waals surface area contributed by atoms with E-state index in [0.717, 1.165) is 30.9 Å². The van der Waals surface area contributed by atoms with Gasteiger partial charge in [-0.15, -0.1) is 0 Å². The minimum Gasteiger partial charge on any atom is -0.493 e. The minimum absolute atomic E-state index is 0.183.